The maximum absolute atomic E-state index is 11.0. The number of anilines is 2. The highest BCUT2D eigenvalue weighted by Crippen LogP contribution is 2.30. The van der Waals surface area contributed by atoms with Crippen molar-refractivity contribution in [3.8, 4) is 0 Å². The molecule has 1 aliphatic rings. The third kappa shape index (κ3) is 3.98. The fourth-order valence-electron chi connectivity index (χ4n) is 2.95. The van der Waals surface area contributed by atoms with E-state index in [1.165, 1.54) is 26.2 Å². The van der Waals surface area contributed by atoms with Crippen LogP contribution >= 0.6 is 0 Å². The smallest absolute Gasteiger partial charge is 0.221 e. The molecule has 1 fully saturated rings. The number of nitrogens with one attached hydrogen (secondary N) is 2. The molecule has 0 saturated heterocycles. The number of amides is 1. The van der Waals surface area contributed by atoms with Gasteiger partial charge in [-0.3, -0.25) is 4.79 Å². The third-order valence-electron chi connectivity index (χ3n) is 3.99. The summed E-state index contributed by atoms with van der Waals surface area (Å²) < 4.78 is 0. The Bertz CT molecular complexity index is 427. The highest BCUT2D eigenvalue weighted by molar-refractivity contribution is 5.88. The summed E-state index contributed by atoms with van der Waals surface area (Å²) in [7, 11) is 0. The standard InChI is InChI=1S/C16H24N2O/c1-11-4-9-16(12(2)10-11)18-15-7-5-14(6-8-15)17-13(3)19/h5-8,11-12,16,18H,4,9-10H2,1-3H3,(H,17,19). The average molecular weight is 260 g/mol. The Hall–Kier alpha value is -1.51. The lowest BCUT2D eigenvalue weighted by atomic mass is 9.80. The fraction of sp³-hybridized carbons (Fsp3) is 0.562. The number of carbonyl (C=O) groups excluding carboxylic acids is 1. The van der Waals surface area contributed by atoms with Gasteiger partial charge in [0.25, 0.3) is 0 Å². The van der Waals surface area contributed by atoms with Gasteiger partial charge in [-0.05, 0) is 55.4 Å². The molecule has 3 nitrogen and oxygen atoms in total. The van der Waals surface area contributed by atoms with Crippen LogP contribution in [-0.2, 0) is 4.79 Å². The molecule has 2 N–H and O–H groups in total. The molecule has 1 saturated carbocycles. The van der Waals surface area contributed by atoms with Crippen LogP contribution in [0.2, 0.25) is 0 Å². The minimum absolute atomic E-state index is 0.0319. The van der Waals surface area contributed by atoms with E-state index in [1.54, 1.807) is 0 Å². The van der Waals surface area contributed by atoms with Crippen molar-refractivity contribution in [2.45, 2.75) is 46.1 Å². The van der Waals surface area contributed by atoms with Gasteiger partial charge in [-0.2, -0.15) is 0 Å². The normalized spacial score (nSPS) is 26.8. The molecule has 1 aromatic rings. The van der Waals surface area contributed by atoms with Crippen LogP contribution in [0.3, 0.4) is 0 Å². The topological polar surface area (TPSA) is 41.1 Å². The second kappa shape index (κ2) is 6.09. The zero-order chi connectivity index (χ0) is 13.8. The fourth-order valence-corrected chi connectivity index (χ4v) is 2.95. The summed E-state index contributed by atoms with van der Waals surface area (Å²) >= 11 is 0. The summed E-state index contributed by atoms with van der Waals surface area (Å²) in [6, 6.07) is 8.54. The molecule has 3 atom stereocenters. The van der Waals surface area contributed by atoms with E-state index in [0.717, 1.165) is 23.2 Å². The van der Waals surface area contributed by atoms with Crippen LogP contribution in [0.15, 0.2) is 24.3 Å². The van der Waals surface area contributed by atoms with Gasteiger partial charge in [0.05, 0.1) is 0 Å². The van der Waals surface area contributed by atoms with Gasteiger partial charge in [0.1, 0.15) is 0 Å². The molecule has 2 rings (SSSR count). The lowest BCUT2D eigenvalue weighted by Crippen LogP contribution is -2.32. The first-order valence-corrected chi connectivity index (χ1v) is 7.19. The molecule has 19 heavy (non-hydrogen) atoms. The summed E-state index contributed by atoms with van der Waals surface area (Å²) in [4.78, 5) is 11.0. The van der Waals surface area contributed by atoms with E-state index < -0.39 is 0 Å². The molecule has 1 amide bonds. The summed E-state index contributed by atoms with van der Waals surface area (Å²) in [5.41, 5.74) is 1.99. The molecule has 3 unspecified atom stereocenters. The van der Waals surface area contributed by atoms with Gasteiger partial charge in [0.15, 0.2) is 0 Å². The quantitative estimate of drug-likeness (QED) is 0.866. The molecule has 0 spiro atoms. The van der Waals surface area contributed by atoms with Crippen molar-refractivity contribution in [2.75, 3.05) is 10.6 Å². The number of hydrogen-bond donors (Lipinski definition) is 2. The van der Waals surface area contributed by atoms with Gasteiger partial charge in [0.2, 0.25) is 5.91 Å². The number of hydrogen-bond acceptors (Lipinski definition) is 2. The van der Waals surface area contributed by atoms with E-state index in [2.05, 4.69) is 24.5 Å². The Labute approximate surface area is 115 Å². The molecule has 0 radical (unpaired) electrons. The molecule has 0 bridgehead atoms. The maximum Gasteiger partial charge on any atom is 0.221 e. The maximum atomic E-state index is 11.0. The molecule has 0 aliphatic heterocycles. The Morgan fingerprint density at radius 1 is 1.11 bits per heavy atom. The van der Waals surface area contributed by atoms with Crippen LogP contribution in [0.4, 0.5) is 11.4 Å². The van der Waals surface area contributed by atoms with Crippen molar-refractivity contribution in [1.29, 1.82) is 0 Å². The summed E-state index contributed by atoms with van der Waals surface area (Å²) in [6.07, 6.45) is 3.86. The summed E-state index contributed by atoms with van der Waals surface area (Å²) in [5, 5.41) is 6.40. The van der Waals surface area contributed by atoms with Gasteiger partial charge in [-0.1, -0.05) is 13.8 Å². The van der Waals surface area contributed by atoms with E-state index in [0.29, 0.717) is 6.04 Å². The van der Waals surface area contributed by atoms with Crippen LogP contribution in [0, 0.1) is 11.8 Å². The minimum Gasteiger partial charge on any atom is -0.382 e. The predicted octanol–water partition coefficient (Wildman–Crippen LogP) is 3.88. The van der Waals surface area contributed by atoms with Crippen molar-refractivity contribution in [1.82, 2.24) is 0 Å². The average Bonchev–Trinajstić information content (AvgIpc) is 2.34. The van der Waals surface area contributed by atoms with Crippen molar-refractivity contribution >= 4 is 17.3 Å². The van der Waals surface area contributed by atoms with Gasteiger partial charge < -0.3 is 10.6 Å². The van der Waals surface area contributed by atoms with Crippen LogP contribution in [0.5, 0.6) is 0 Å². The van der Waals surface area contributed by atoms with E-state index in [4.69, 9.17) is 0 Å². The number of benzene rings is 1. The Morgan fingerprint density at radius 2 is 1.74 bits per heavy atom. The van der Waals surface area contributed by atoms with Gasteiger partial charge in [0, 0.05) is 24.3 Å². The van der Waals surface area contributed by atoms with Gasteiger partial charge >= 0.3 is 0 Å². The van der Waals surface area contributed by atoms with Crippen LogP contribution in [0.1, 0.15) is 40.0 Å². The Morgan fingerprint density at radius 3 is 2.32 bits per heavy atom. The minimum atomic E-state index is -0.0319. The molecular weight excluding hydrogens is 236 g/mol. The van der Waals surface area contributed by atoms with E-state index in [1.807, 2.05) is 24.3 Å². The van der Waals surface area contributed by atoms with Crippen molar-refractivity contribution in [3.05, 3.63) is 24.3 Å². The van der Waals surface area contributed by atoms with Crippen LogP contribution in [0.25, 0.3) is 0 Å². The van der Waals surface area contributed by atoms with Gasteiger partial charge in [-0.15, -0.1) is 0 Å². The van der Waals surface area contributed by atoms with Crippen molar-refractivity contribution in [2.24, 2.45) is 11.8 Å². The van der Waals surface area contributed by atoms with Crippen molar-refractivity contribution < 1.29 is 4.79 Å². The van der Waals surface area contributed by atoms with Crippen LogP contribution in [-0.4, -0.2) is 11.9 Å². The predicted molar refractivity (Wildman–Crippen MR) is 80.3 cm³/mol. The second-order valence-electron chi connectivity index (χ2n) is 5.90. The molecule has 0 heterocycles. The summed E-state index contributed by atoms with van der Waals surface area (Å²) in [5.74, 6) is 1.55. The molecule has 1 aliphatic carbocycles. The molecular formula is C16H24N2O. The first-order chi connectivity index (χ1) is 9.04. The zero-order valence-corrected chi connectivity index (χ0v) is 12.1. The first kappa shape index (κ1) is 13.9. The first-order valence-electron chi connectivity index (χ1n) is 7.19. The molecule has 3 heteroatoms. The highest BCUT2D eigenvalue weighted by atomic mass is 16.1. The molecule has 104 valence electrons. The summed E-state index contributed by atoms with van der Waals surface area (Å²) in [6.45, 7) is 6.20. The monoisotopic (exact) mass is 260 g/mol. The Kier molecular flexibility index (Phi) is 4.46. The largest absolute Gasteiger partial charge is 0.382 e. The van der Waals surface area contributed by atoms with E-state index in [-0.39, 0.29) is 5.91 Å². The SMILES string of the molecule is CC(=O)Nc1ccc(NC2CCC(C)CC2C)cc1. The van der Waals surface area contributed by atoms with E-state index in [9.17, 15) is 4.79 Å². The highest BCUT2D eigenvalue weighted by Gasteiger charge is 2.24. The third-order valence-corrected chi connectivity index (χ3v) is 3.99. The number of rotatable bonds is 3. The lowest BCUT2D eigenvalue weighted by Gasteiger charge is -2.33. The van der Waals surface area contributed by atoms with Crippen molar-refractivity contribution in [3.63, 3.8) is 0 Å². The zero-order valence-electron chi connectivity index (χ0n) is 12.1. The lowest BCUT2D eigenvalue weighted by molar-refractivity contribution is -0.114. The van der Waals surface area contributed by atoms with Crippen LogP contribution < -0.4 is 10.6 Å². The molecule has 0 aromatic heterocycles. The van der Waals surface area contributed by atoms with Gasteiger partial charge in [-0.25, -0.2) is 0 Å². The Balaban J connectivity index is 1.94. The van der Waals surface area contributed by atoms with E-state index >= 15 is 0 Å². The second-order valence-corrected chi connectivity index (χ2v) is 5.90. The number of carbonyl (C=O) groups is 1. The molecule has 1 aromatic carbocycles.